The molecule has 32 heavy (non-hydrogen) atoms. The highest BCUT2D eigenvalue weighted by Crippen LogP contribution is 2.29. The molecule has 176 valence electrons. The number of hydrogen-bond donors (Lipinski definition) is 6. The van der Waals surface area contributed by atoms with Crippen LogP contribution in [-0.4, -0.2) is 63.4 Å². The van der Waals surface area contributed by atoms with Crippen LogP contribution in [0, 0.1) is 0 Å². The molecular formula is C19H21F3N2O8. The molecule has 1 fully saturated rings. The van der Waals surface area contributed by atoms with Gasteiger partial charge in [0.1, 0.15) is 0 Å². The zero-order valence-electron chi connectivity index (χ0n) is 16.4. The van der Waals surface area contributed by atoms with Gasteiger partial charge in [0.2, 0.25) is 0 Å². The highest BCUT2D eigenvalue weighted by molar-refractivity contribution is 5.90. The van der Waals surface area contributed by atoms with Gasteiger partial charge in [-0.3, -0.25) is 0 Å². The van der Waals surface area contributed by atoms with Crippen LogP contribution in [0.3, 0.4) is 0 Å². The summed E-state index contributed by atoms with van der Waals surface area (Å²) in [6.07, 6.45) is -1.02. The summed E-state index contributed by atoms with van der Waals surface area (Å²) in [4.78, 5) is 38.2. The van der Waals surface area contributed by atoms with E-state index < -0.39 is 35.6 Å². The van der Waals surface area contributed by atoms with E-state index in [1.807, 2.05) is 0 Å². The Hall–Kier alpha value is -3.87. The van der Waals surface area contributed by atoms with Crippen LogP contribution in [0.4, 0.5) is 18.9 Å². The van der Waals surface area contributed by atoms with Gasteiger partial charge >= 0.3 is 30.1 Å². The quantitative estimate of drug-likeness (QED) is 0.343. The second kappa shape index (κ2) is 14.2. The topological polar surface area (TPSA) is 173 Å². The number of rotatable bonds is 6. The monoisotopic (exact) mass is 462 g/mol. The first kappa shape index (κ1) is 28.1. The van der Waals surface area contributed by atoms with E-state index in [1.54, 1.807) is 0 Å². The third-order valence-electron chi connectivity index (χ3n) is 3.38. The number of aliphatic carboxylic acids is 4. The molecule has 2 rings (SSSR count). The van der Waals surface area contributed by atoms with Crippen molar-refractivity contribution >= 4 is 29.6 Å². The average molecular weight is 462 g/mol. The van der Waals surface area contributed by atoms with Gasteiger partial charge < -0.3 is 31.1 Å². The maximum atomic E-state index is 12.3. The maximum absolute atomic E-state index is 12.3. The average Bonchev–Trinajstić information content (AvgIpc) is 3.18. The van der Waals surface area contributed by atoms with Gasteiger partial charge in [-0.15, -0.1) is 0 Å². The number of alkyl halides is 3. The molecule has 0 spiro atoms. The predicted octanol–water partition coefficient (Wildman–Crippen LogP) is 1.90. The van der Waals surface area contributed by atoms with Gasteiger partial charge in [-0.25, -0.2) is 19.2 Å². The molecule has 0 aromatic heterocycles. The summed E-state index contributed by atoms with van der Waals surface area (Å²) in [6.45, 7) is 1.82. The summed E-state index contributed by atoms with van der Waals surface area (Å²) >= 11 is 0. The van der Waals surface area contributed by atoms with Crippen LogP contribution in [0.15, 0.2) is 48.6 Å². The summed E-state index contributed by atoms with van der Waals surface area (Å²) < 4.78 is 36.9. The summed E-state index contributed by atoms with van der Waals surface area (Å²) in [5.41, 5.74) is 0.129. The number of halogens is 3. The molecule has 1 aromatic carbocycles. The van der Waals surface area contributed by atoms with E-state index in [9.17, 15) is 32.3 Å². The predicted molar refractivity (Wildman–Crippen MR) is 105 cm³/mol. The molecule has 1 atom stereocenters. The third kappa shape index (κ3) is 15.0. The van der Waals surface area contributed by atoms with Gasteiger partial charge in [0.05, 0.1) is 5.56 Å². The standard InChI is InChI=1S/C11H13F3N2.2C4H4O4/c12-11(13,14)8-1-3-9(4-2-8)16-10-5-6-15-7-10;2*5-3(6)1-2-4(7)8/h1-4,10,15-16H,5-7H2;2*1-2H,(H,5,6)(H,7,8)/b;2*2-1+. The first-order chi connectivity index (χ1) is 14.8. The summed E-state index contributed by atoms with van der Waals surface area (Å²) in [5, 5.41) is 37.6. The zero-order valence-corrected chi connectivity index (χ0v) is 16.4. The molecule has 6 N–H and O–H groups in total. The lowest BCUT2D eigenvalue weighted by atomic mass is 10.2. The van der Waals surface area contributed by atoms with Crippen molar-refractivity contribution in [2.24, 2.45) is 0 Å². The highest BCUT2D eigenvalue weighted by Gasteiger charge is 2.30. The van der Waals surface area contributed by atoms with Crippen molar-refractivity contribution in [2.45, 2.75) is 18.6 Å². The normalized spacial score (nSPS) is 15.3. The smallest absolute Gasteiger partial charge is 0.416 e. The minimum Gasteiger partial charge on any atom is -0.478 e. The molecule has 1 saturated heterocycles. The summed E-state index contributed by atoms with van der Waals surface area (Å²) in [7, 11) is 0. The summed E-state index contributed by atoms with van der Waals surface area (Å²) in [6, 6.07) is 5.47. The van der Waals surface area contributed by atoms with Gasteiger partial charge in [0, 0.05) is 42.6 Å². The van der Waals surface area contributed by atoms with E-state index in [4.69, 9.17) is 20.4 Å². The third-order valence-corrected chi connectivity index (χ3v) is 3.38. The van der Waals surface area contributed by atoms with E-state index in [1.165, 1.54) is 12.1 Å². The first-order valence-corrected chi connectivity index (χ1v) is 8.73. The Morgan fingerprint density at radius 2 is 1.25 bits per heavy atom. The second-order valence-corrected chi connectivity index (χ2v) is 5.93. The highest BCUT2D eigenvalue weighted by atomic mass is 19.4. The van der Waals surface area contributed by atoms with E-state index >= 15 is 0 Å². The molecule has 10 nitrogen and oxygen atoms in total. The van der Waals surface area contributed by atoms with Crippen LogP contribution < -0.4 is 10.6 Å². The zero-order chi connectivity index (χ0) is 24.7. The Morgan fingerprint density at radius 3 is 1.53 bits per heavy atom. The lowest BCUT2D eigenvalue weighted by molar-refractivity contribution is -0.137. The number of carbonyl (C=O) groups is 4. The van der Waals surface area contributed by atoms with Gasteiger partial charge in [0.15, 0.2) is 0 Å². The van der Waals surface area contributed by atoms with E-state index in [0.717, 1.165) is 37.3 Å². The van der Waals surface area contributed by atoms with Crippen LogP contribution in [0.1, 0.15) is 12.0 Å². The Bertz CT molecular complexity index is 764. The molecule has 0 radical (unpaired) electrons. The number of carboxylic acids is 4. The van der Waals surface area contributed by atoms with Crippen molar-refractivity contribution in [1.29, 1.82) is 0 Å². The van der Waals surface area contributed by atoms with Crippen LogP contribution in [0.5, 0.6) is 0 Å². The number of hydrogen-bond acceptors (Lipinski definition) is 6. The molecule has 1 aliphatic rings. The van der Waals surface area contributed by atoms with Gasteiger partial charge in [-0.1, -0.05) is 0 Å². The Labute approximate surface area is 179 Å². The number of benzene rings is 1. The molecule has 1 aliphatic heterocycles. The lowest BCUT2D eigenvalue weighted by Gasteiger charge is -2.13. The van der Waals surface area contributed by atoms with Crippen molar-refractivity contribution in [3.05, 3.63) is 54.1 Å². The Kier molecular flexibility index (Phi) is 12.5. The van der Waals surface area contributed by atoms with Crippen LogP contribution >= 0.6 is 0 Å². The minimum absolute atomic E-state index is 0.316. The largest absolute Gasteiger partial charge is 0.478 e. The molecule has 1 heterocycles. The fraction of sp³-hybridized carbons (Fsp3) is 0.263. The van der Waals surface area contributed by atoms with Crippen molar-refractivity contribution in [3.63, 3.8) is 0 Å². The molecular weight excluding hydrogens is 441 g/mol. The van der Waals surface area contributed by atoms with Gasteiger partial charge in [-0.2, -0.15) is 13.2 Å². The van der Waals surface area contributed by atoms with Crippen molar-refractivity contribution in [3.8, 4) is 0 Å². The lowest BCUT2D eigenvalue weighted by Crippen LogP contribution is -2.22. The van der Waals surface area contributed by atoms with E-state index in [-0.39, 0.29) is 0 Å². The Balaban J connectivity index is 0.000000510. The van der Waals surface area contributed by atoms with Crippen molar-refractivity contribution in [1.82, 2.24) is 5.32 Å². The minimum atomic E-state index is -4.26. The molecule has 0 aliphatic carbocycles. The van der Waals surface area contributed by atoms with Crippen LogP contribution in [0.25, 0.3) is 0 Å². The first-order valence-electron chi connectivity index (χ1n) is 8.73. The number of anilines is 1. The molecule has 1 unspecified atom stereocenters. The summed E-state index contributed by atoms with van der Waals surface area (Å²) in [5.74, 6) is -5.03. The van der Waals surface area contributed by atoms with E-state index in [0.29, 0.717) is 30.3 Å². The van der Waals surface area contributed by atoms with Crippen LogP contribution in [-0.2, 0) is 25.4 Å². The number of nitrogens with one attached hydrogen (secondary N) is 2. The van der Waals surface area contributed by atoms with E-state index in [2.05, 4.69) is 10.6 Å². The molecule has 1 aromatic rings. The Morgan fingerprint density at radius 1 is 0.844 bits per heavy atom. The second-order valence-electron chi connectivity index (χ2n) is 5.93. The fourth-order valence-electron chi connectivity index (χ4n) is 2.05. The number of carboxylic acid groups (broad SMARTS) is 4. The maximum Gasteiger partial charge on any atom is 0.416 e. The molecule has 13 heteroatoms. The van der Waals surface area contributed by atoms with Crippen molar-refractivity contribution in [2.75, 3.05) is 18.4 Å². The molecule has 0 amide bonds. The molecule has 0 bridgehead atoms. The van der Waals surface area contributed by atoms with Gasteiger partial charge in [0.25, 0.3) is 0 Å². The molecule has 0 saturated carbocycles. The SMILES string of the molecule is FC(F)(F)c1ccc(NC2CCNC2)cc1.O=C(O)/C=C/C(=O)O.O=C(O)/C=C/C(=O)O. The fourth-order valence-corrected chi connectivity index (χ4v) is 2.05. The van der Waals surface area contributed by atoms with Crippen LogP contribution in [0.2, 0.25) is 0 Å². The van der Waals surface area contributed by atoms with Crippen molar-refractivity contribution < 1.29 is 52.8 Å². The van der Waals surface area contributed by atoms with Gasteiger partial charge in [-0.05, 0) is 37.2 Å².